The summed E-state index contributed by atoms with van der Waals surface area (Å²) in [7, 11) is 1.57. The summed E-state index contributed by atoms with van der Waals surface area (Å²) >= 11 is 1.58. The predicted octanol–water partition coefficient (Wildman–Crippen LogP) is 4.52. The zero-order chi connectivity index (χ0) is 25.4. The molecule has 3 aromatic heterocycles. The number of thiophene rings is 1. The number of methoxy groups -OCH3 is 1. The summed E-state index contributed by atoms with van der Waals surface area (Å²) in [5, 5.41) is 25.4. The molecule has 0 fully saturated rings. The molecular formula is C26H22N8O2S. The Balaban J connectivity index is 1.51. The molecule has 0 spiro atoms. The smallest absolute Gasteiger partial charge is 0.255 e. The molecule has 5 aromatic rings. The molecule has 4 heterocycles. The van der Waals surface area contributed by atoms with E-state index in [0.29, 0.717) is 28.7 Å². The van der Waals surface area contributed by atoms with E-state index in [-0.39, 0.29) is 5.91 Å². The number of benzene rings is 2. The fraction of sp³-hybridized carbons (Fsp3) is 0.115. The lowest BCUT2D eigenvalue weighted by Crippen LogP contribution is -2.31. The Bertz CT molecular complexity index is 1600. The van der Waals surface area contributed by atoms with E-state index in [1.807, 2.05) is 77.8 Å². The van der Waals surface area contributed by atoms with E-state index in [4.69, 9.17) is 9.84 Å². The number of aromatic nitrogens is 6. The molecule has 37 heavy (non-hydrogen) atoms. The molecule has 2 N–H and O–H groups in total. The van der Waals surface area contributed by atoms with Crippen LogP contribution in [0.25, 0.3) is 16.3 Å². The highest BCUT2D eigenvalue weighted by atomic mass is 32.1. The van der Waals surface area contributed by atoms with Crippen molar-refractivity contribution in [1.82, 2.24) is 30.0 Å². The van der Waals surface area contributed by atoms with Crippen LogP contribution < -0.4 is 15.4 Å². The topological polar surface area (TPSA) is 112 Å². The van der Waals surface area contributed by atoms with Crippen LogP contribution in [0.5, 0.6) is 5.75 Å². The number of para-hydroxylation sites is 3. The van der Waals surface area contributed by atoms with Gasteiger partial charge in [-0.25, -0.2) is 4.68 Å². The van der Waals surface area contributed by atoms with Gasteiger partial charge in [0.25, 0.3) is 5.91 Å². The Morgan fingerprint density at radius 1 is 1.08 bits per heavy atom. The molecule has 0 bridgehead atoms. The van der Waals surface area contributed by atoms with Gasteiger partial charge in [0.2, 0.25) is 5.95 Å². The minimum Gasteiger partial charge on any atom is -0.495 e. The minimum atomic E-state index is -0.629. The van der Waals surface area contributed by atoms with Gasteiger partial charge in [0.05, 0.1) is 28.9 Å². The molecule has 11 heteroatoms. The first kappa shape index (κ1) is 22.7. The van der Waals surface area contributed by atoms with Crippen LogP contribution in [-0.2, 0) is 4.79 Å². The van der Waals surface area contributed by atoms with Crippen molar-refractivity contribution in [2.45, 2.75) is 13.0 Å². The van der Waals surface area contributed by atoms with Gasteiger partial charge in [-0.05, 0) is 53.1 Å². The van der Waals surface area contributed by atoms with Crippen molar-refractivity contribution in [3.05, 3.63) is 95.1 Å². The lowest BCUT2D eigenvalue weighted by Gasteiger charge is -2.27. The van der Waals surface area contributed by atoms with Crippen molar-refractivity contribution in [3.63, 3.8) is 0 Å². The van der Waals surface area contributed by atoms with Crippen LogP contribution in [0.2, 0.25) is 0 Å². The third-order valence-corrected chi connectivity index (χ3v) is 7.00. The van der Waals surface area contributed by atoms with E-state index in [0.717, 1.165) is 21.8 Å². The average Bonchev–Trinajstić information content (AvgIpc) is 3.69. The van der Waals surface area contributed by atoms with Gasteiger partial charge in [0, 0.05) is 17.5 Å². The van der Waals surface area contributed by atoms with Gasteiger partial charge in [-0.15, -0.1) is 11.3 Å². The number of hydrogen-bond donors (Lipinski definition) is 2. The molecule has 0 unspecified atom stereocenters. The van der Waals surface area contributed by atoms with Crippen LogP contribution in [0.1, 0.15) is 18.5 Å². The highest BCUT2D eigenvalue weighted by Crippen LogP contribution is 2.40. The van der Waals surface area contributed by atoms with Crippen molar-refractivity contribution >= 4 is 28.9 Å². The molecule has 0 saturated heterocycles. The average molecular weight is 511 g/mol. The summed E-state index contributed by atoms with van der Waals surface area (Å²) in [5.41, 5.74) is 4.13. The Kier molecular flexibility index (Phi) is 5.73. The van der Waals surface area contributed by atoms with Gasteiger partial charge in [-0.3, -0.25) is 4.79 Å². The number of carbonyl (C=O) groups is 1. The number of amides is 1. The van der Waals surface area contributed by atoms with Crippen molar-refractivity contribution in [2.24, 2.45) is 0 Å². The second-order valence-corrected chi connectivity index (χ2v) is 9.31. The maximum absolute atomic E-state index is 13.9. The van der Waals surface area contributed by atoms with E-state index in [1.54, 1.807) is 35.3 Å². The van der Waals surface area contributed by atoms with E-state index in [9.17, 15) is 4.79 Å². The SMILES string of the molecule is COc1ccccc1NC(=O)C1=C(C)Nc2nnnn2[C@@H]1c1cn(-c2ccccc2)nc1-c1cccs1. The first-order chi connectivity index (χ1) is 18.1. The lowest BCUT2D eigenvalue weighted by molar-refractivity contribution is -0.113. The number of hydrogen-bond acceptors (Lipinski definition) is 8. The molecule has 0 saturated carbocycles. The number of nitrogens with one attached hydrogen (secondary N) is 2. The van der Waals surface area contributed by atoms with Gasteiger partial charge in [0.15, 0.2) is 0 Å². The van der Waals surface area contributed by atoms with Crippen LogP contribution in [0.3, 0.4) is 0 Å². The number of nitrogens with zero attached hydrogens (tertiary/aromatic N) is 6. The molecule has 0 aliphatic carbocycles. The molecule has 0 radical (unpaired) electrons. The number of fused-ring (bicyclic) bond motifs is 1. The second-order valence-electron chi connectivity index (χ2n) is 8.36. The Labute approximate surface area is 216 Å². The Morgan fingerprint density at radius 3 is 2.68 bits per heavy atom. The van der Waals surface area contributed by atoms with Gasteiger partial charge in [-0.1, -0.05) is 41.5 Å². The van der Waals surface area contributed by atoms with Crippen LogP contribution in [0, 0.1) is 0 Å². The second kappa shape index (κ2) is 9.36. The fourth-order valence-electron chi connectivity index (χ4n) is 4.44. The van der Waals surface area contributed by atoms with Gasteiger partial charge in [0.1, 0.15) is 17.5 Å². The van der Waals surface area contributed by atoms with E-state index in [2.05, 4.69) is 26.2 Å². The summed E-state index contributed by atoms with van der Waals surface area (Å²) in [6, 6.07) is 20.5. The van der Waals surface area contributed by atoms with E-state index >= 15 is 0 Å². The van der Waals surface area contributed by atoms with Crippen molar-refractivity contribution in [2.75, 3.05) is 17.7 Å². The number of anilines is 2. The summed E-state index contributed by atoms with van der Waals surface area (Å²) in [6.07, 6.45) is 1.94. The first-order valence-electron chi connectivity index (χ1n) is 11.5. The van der Waals surface area contributed by atoms with E-state index in [1.165, 1.54) is 0 Å². The Morgan fingerprint density at radius 2 is 1.89 bits per heavy atom. The number of tetrazole rings is 1. The molecule has 2 aromatic carbocycles. The van der Waals surface area contributed by atoms with Gasteiger partial charge >= 0.3 is 0 Å². The van der Waals surface area contributed by atoms with Crippen molar-refractivity contribution < 1.29 is 9.53 Å². The standard InChI is InChI=1S/C26H22N8O2S/c1-16-22(25(35)28-19-11-6-7-12-20(19)36-2)24(34-26(27-16)29-31-32-34)18-15-33(17-9-4-3-5-10-17)30-23(18)21-13-8-14-37-21/h3-15,24H,1-2H3,(H,28,35)(H,27,29,32)/t24-/m1/s1. The summed E-state index contributed by atoms with van der Waals surface area (Å²) < 4.78 is 8.88. The maximum Gasteiger partial charge on any atom is 0.255 e. The monoisotopic (exact) mass is 510 g/mol. The number of ether oxygens (including phenoxy) is 1. The maximum atomic E-state index is 13.9. The molecule has 184 valence electrons. The zero-order valence-corrected chi connectivity index (χ0v) is 20.8. The van der Waals surface area contributed by atoms with Gasteiger partial charge in [-0.2, -0.15) is 9.78 Å². The minimum absolute atomic E-state index is 0.301. The zero-order valence-electron chi connectivity index (χ0n) is 20.0. The van der Waals surface area contributed by atoms with Crippen molar-refractivity contribution in [1.29, 1.82) is 0 Å². The normalized spacial score (nSPS) is 14.7. The molecule has 1 atom stereocenters. The van der Waals surface area contributed by atoms with E-state index < -0.39 is 6.04 Å². The quantitative estimate of drug-likeness (QED) is 0.345. The molecule has 6 rings (SSSR count). The highest BCUT2D eigenvalue weighted by molar-refractivity contribution is 7.13. The summed E-state index contributed by atoms with van der Waals surface area (Å²) in [6.45, 7) is 1.84. The molecule has 1 amide bonds. The summed E-state index contributed by atoms with van der Waals surface area (Å²) in [5.74, 6) is 0.708. The van der Waals surface area contributed by atoms with Crippen LogP contribution in [0.4, 0.5) is 11.6 Å². The highest BCUT2D eigenvalue weighted by Gasteiger charge is 2.37. The third-order valence-electron chi connectivity index (χ3n) is 6.13. The van der Waals surface area contributed by atoms with Crippen LogP contribution in [0.15, 0.2) is 89.6 Å². The molecule has 1 aliphatic rings. The number of allylic oxidation sites excluding steroid dienone is 1. The van der Waals surface area contributed by atoms with Gasteiger partial charge < -0.3 is 15.4 Å². The number of rotatable bonds is 6. The number of carbonyl (C=O) groups excluding carboxylic acids is 1. The lowest BCUT2D eigenvalue weighted by atomic mass is 9.94. The fourth-order valence-corrected chi connectivity index (χ4v) is 5.17. The van der Waals surface area contributed by atoms with Crippen LogP contribution >= 0.6 is 11.3 Å². The van der Waals surface area contributed by atoms with Crippen LogP contribution in [-0.4, -0.2) is 43.0 Å². The molecule has 10 nitrogen and oxygen atoms in total. The largest absolute Gasteiger partial charge is 0.495 e. The predicted molar refractivity (Wildman–Crippen MR) is 141 cm³/mol. The molecule has 1 aliphatic heterocycles. The summed E-state index contributed by atoms with van der Waals surface area (Å²) in [4.78, 5) is 14.8. The first-order valence-corrected chi connectivity index (χ1v) is 12.4. The van der Waals surface area contributed by atoms with Crippen molar-refractivity contribution in [3.8, 4) is 22.0 Å². The third kappa shape index (κ3) is 4.04. The molecular weight excluding hydrogens is 488 g/mol. The Hall–Kier alpha value is -4.77.